The molecule has 1 fully saturated rings. The Labute approximate surface area is 126 Å². The van der Waals surface area contributed by atoms with E-state index < -0.39 is 0 Å². The summed E-state index contributed by atoms with van der Waals surface area (Å²) in [5.41, 5.74) is 1.03. The van der Waals surface area contributed by atoms with E-state index in [0.717, 1.165) is 30.9 Å². The fraction of sp³-hybridized carbons (Fsp3) is 0.588. The summed E-state index contributed by atoms with van der Waals surface area (Å²) >= 11 is 0. The number of hydrogen-bond acceptors (Lipinski definition) is 2. The zero-order chi connectivity index (χ0) is 14.9. The third-order valence-electron chi connectivity index (χ3n) is 4.17. The fourth-order valence-corrected chi connectivity index (χ4v) is 2.96. The van der Waals surface area contributed by atoms with Gasteiger partial charge in [0.05, 0.1) is 0 Å². The molecule has 1 aliphatic rings. The van der Waals surface area contributed by atoms with Crippen molar-refractivity contribution in [2.24, 2.45) is 5.92 Å². The lowest BCUT2D eigenvalue weighted by Gasteiger charge is -2.21. The Bertz CT molecular complexity index is 442. The minimum Gasteiger partial charge on any atom is -0.508 e. The highest BCUT2D eigenvalue weighted by molar-refractivity contribution is 5.73. The smallest absolute Gasteiger partial charge is 0.314 e. The van der Waals surface area contributed by atoms with Crippen LogP contribution in [0.4, 0.5) is 4.79 Å². The van der Waals surface area contributed by atoms with E-state index in [1.807, 2.05) is 12.1 Å². The predicted octanol–water partition coefficient (Wildman–Crippen LogP) is 3.20. The van der Waals surface area contributed by atoms with Crippen LogP contribution in [-0.2, 0) is 6.42 Å². The van der Waals surface area contributed by atoms with E-state index in [1.165, 1.54) is 32.1 Å². The molecule has 1 aromatic carbocycles. The normalized spacial score (nSPS) is 15.6. The van der Waals surface area contributed by atoms with E-state index >= 15 is 0 Å². The summed E-state index contributed by atoms with van der Waals surface area (Å²) < 4.78 is 0. The first kappa shape index (κ1) is 15.7. The number of phenolic OH excluding ortho intramolecular Hbond substituents is 1. The molecule has 0 saturated heterocycles. The molecular formula is C17H26N2O2. The van der Waals surface area contributed by atoms with Gasteiger partial charge in [0.25, 0.3) is 0 Å². The molecule has 0 aliphatic heterocycles. The molecule has 116 valence electrons. The standard InChI is InChI=1S/C17H26N2O2/c20-16-8-4-7-15(13-16)10-12-19-17(21)18-11-9-14-5-2-1-3-6-14/h4,7-8,13-14,20H,1-3,5-6,9-12H2,(H2,18,19,21). The van der Waals surface area contributed by atoms with Crippen LogP contribution in [0.25, 0.3) is 0 Å². The van der Waals surface area contributed by atoms with Gasteiger partial charge in [0.2, 0.25) is 0 Å². The fourth-order valence-electron chi connectivity index (χ4n) is 2.96. The Kier molecular flexibility index (Phi) is 6.38. The maximum Gasteiger partial charge on any atom is 0.314 e. The van der Waals surface area contributed by atoms with Crippen molar-refractivity contribution in [3.05, 3.63) is 29.8 Å². The number of hydrogen-bond donors (Lipinski definition) is 3. The number of urea groups is 1. The second-order valence-corrected chi connectivity index (χ2v) is 5.90. The average Bonchev–Trinajstić information content (AvgIpc) is 2.48. The van der Waals surface area contributed by atoms with Gasteiger partial charge in [-0.15, -0.1) is 0 Å². The molecule has 0 unspecified atom stereocenters. The highest BCUT2D eigenvalue weighted by atomic mass is 16.3. The number of carbonyl (C=O) groups excluding carboxylic acids is 1. The van der Waals surface area contributed by atoms with E-state index in [9.17, 15) is 9.90 Å². The molecule has 2 rings (SSSR count). The molecule has 0 radical (unpaired) electrons. The maximum absolute atomic E-state index is 11.7. The van der Waals surface area contributed by atoms with Gasteiger partial charge in [-0.05, 0) is 36.5 Å². The number of carbonyl (C=O) groups is 1. The molecule has 0 bridgehead atoms. The summed E-state index contributed by atoms with van der Waals surface area (Å²) in [7, 11) is 0. The van der Waals surface area contributed by atoms with Crippen molar-refractivity contribution in [3.8, 4) is 5.75 Å². The molecule has 1 aromatic rings. The SMILES string of the molecule is O=C(NCCc1cccc(O)c1)NCCC1CCCCC1. The highest BCUT2D eigenvalue weighted by Gasteiger charge is 2.13. The van der Waals surface area contributed by atoms with Crippen LogP contribution in [0.5, 0.6) is 5.75 Å². The van der Waals surface area contributed by atoms with Crippen molar-refractivity contribution < 1.29 is 9.90 Å². The summed E-state index contributed by atoms with van der Waals surface area (Å²) in [5, 5.41) is 15.1. The van der Waals surface area contributed by atoms with Gasteiger partial charge in [-0.3, -0.25) is 0 Å². The number of rotatable bonds is 6. The van der Waals surface area contributed by atoms with Gasteiger partial charge in [0.15, 0.2) is 0 Å². The maximum atomic E-state index is 11.7. The Hall–Kier alpha value is -1.71. The molecule has 21 heavy (non-hydrogen) atoms. The topological polar surface area (TPSA) is 61.4 Å². The first-order valence-electron chi connectivity index (χ1n) is 8.03. The van der Waals surface area contributed by atoms with Gasteiger partial charge in [0, 0.05) is 13.1 Å². The molecule has 0 aromatic heterocycles. The Morgan fingerprint density at radius 3 is 2.67 bits per heavy atom. The van der Waals surface area contributed by atoms with E-state index in [-0.39, 0.29) is 11.8 Å². The van der Waals surface area contributed by atoms with Crippen LogP contribution in [0.3, 0.4) is 0 Å². The van der Waals surface area contributed by atoms with Gasteiger partial charge in [-0.2, -0.15) is 0 Å². The van der Waals surface area contributed by atoms with Crippen LogP contribution in [-0.4, -0.2) is 24.2 Å². The van der Waals surface area contributed by atoms with Crippen LogP contribution < -0.4 is 10.6 Å². The van der Waals surface area contributed by atoms with Gasteiger partial charge in [-0.25, -0.2) is 4.79 Å². The number of nitrogens with one attached hydrogen (secondary N) is 2. The molecule has 1 aliphatic carbocycles. The summed E-state index contributed by atoms with van der Waals surface area (Å²) in [5.74, 6) is 1.07. The van der Waals surface area contributed by atoms with Gasteiger partial charge in [-0.1, -0.05) is 44.2 Å². The lowest BCUT2D eigenvalue weighted by atomic mass is 9.87. The van der Waals surface area contributed by atoms with E-state index in [4.69, 9.17) is 0 Å². The minimum absolute atomic E-state index is 0.0917. The molecule has 4 heteroatoms. The average molecular weight is 290 g/mol. The van der Waals surface area contributed by atoms with Gasteiger partial charge in [0.1, 0.15) is 5.75 Å². The lowest BCUT2D eigenvalue weighted by molar-refractivity contribution is 0.239. The van der Waals surface area contributed by atoms with E-state index in [0.29, 0.717) is 6.54 Å². The van der Waals surface area contributed by atoms with Crippen molar-refractivity contribution in [3.63, 3.8) is 0 Å². The minimum atomic E-state index is -0.0917. The summed E-state index contributed by atoms with van der Waals surface area (Å²) in [6, 6.07) is 7.04. The van der Waals surface area contributed by atoms with Crippen LogP contribution in [0.15, 0.2) is 24.3 Å². The summed E-state index contributed by atoms with van der Waals surface area (Å²) in [4.78, 5) is 11.7. The van der Waals surface area contributed by atoms with Crippen molar-refractivity contribution in [1.29, 1.82) is 0 Å². The number of benzene rings is 1. The molecule has 0 spiro atoms. The van der Waals surface area contributed by atoms with Crippen molar-refractivity contribution in [2.75, 3.05) is 13.1 Å². The first-order valence-corrected chi connectivity index (χ1v) is 8.03. The number of amides is 2. The van der Waals surface area contributed by atoms with Crippen LogP contribution in [0.2, 0.25) is 0 Å². The van der Waals surface area contributed by atoms with Crippen molar-refractivity contribution in [1.82, 2.24) is 10.6 Å². The zero-order valence-electron chi connectivity index (χ0n) is 12.6. The van der Waals surface area contributed by atoms with E-state index in [1.54, 1.807) is 12.1 Å². The molecule has 0 atom stereocenters. The van der Waals surface area contributed by atoms with Crippen molar-refractivity contribution in [2.45, 2.75) is 44.9 Å². The van der Waals surface area contributed by atoms with E-state index in [2.05, 4.69) is 10.6 Å². The van der Waals surface area contributed by atoms with Crippen molar-refractivity contribution >= 4 is 6.03 Å². The number of phenols is 1. The largest absolute Gasteiger partial charge is 0.508 e. The number of aromatic hydroxyl groups is 1. The lowest BCUT2D eigenvalue weighted by Crippen LogP contribution is -2.37. The monoisotopic (exact) mass is 290 g/mol. The molecular weight excluding hydrogens is 264 g/mol. The Morgan fingerprint density at radius 1 is 1.14 bits per heavy atom. The first-order chi connectivity index (χ1) is 10.2. The van der Waals surface area contributed by atoms with Gasteiger partial charge >= 0.3 is 6.03 Å². The Morgan fingerprint density at radius 2 is 1.90 bits per heavy atom. The quantitative estimate of drug-likeness (QED) is 0.753. The third-order valence-corrected chi connectivity index (χ3v) is 4.17. The molecule has 4 nitrogen and oxygen atoms in total. The molecule has 3 N–H and O–H groups in total. The Balaban J connectivity index is 1.55. The molecule has 1 saturated carbocycles. The predicted molar refractivity (Wildman–Crippen MR) is 84.4 cm³/mol. The second kappa shape index (κ2) is 8.55. The van der Waals surface area contributed by atoms with Crippen LogP contribution in [0, 0.1) is 5.92 Å². The highest BCUT2D eigenvalue weighted by Crippen LogP contribution is 2.25. The second-order valence-electron chi connectivity index (χ2n) is 5.90. The van der Waals surface area contributed by atoms with Gasteiger partial charge < -0.3 is 15.7 Å². The third kappa shape index (κ3) is 6.06. The van der Waals surface area contributed by atoms with Crippen LogP contribution >= 0.6 is 0 Å². The summed E-state index contributed by atoms with van der Waals surface area (Å²) in [6.45, 7) is 1.35. The molecule has 0 heterocycles. The molecule has 2 amide bonds. The zero-order valence-corrected chi connectivity index (χ0v) is 12.6. The van der Waals surface area contributed by atoms with Crippen LogP contribution in [0.1, 0.15) is 44.1 Å². The summed E-state index contributed by atoms with van der Waals surface area (Å²) in [6.07, 6.45) is 8.53.